The molecule has 0 aliphatic heterocycles. The van der Waals surface area contributed by atoms with E-state index in [1.807, 2.05) is 19.1 Å². The number of rotatable bonds is 8. The van der Waals surface area contributed by atoms with Crippen LogP contribution >= 0.6 is 11.6 Å². The van der Waals surface area contributed by atoms with Crippen molar-refractivity contribution in [2.75, 3.05) is 19.5 Å². The van der Waals surface area contributed by atoms with Gasteiger partial charge in [-0.3, -0.25) is 9.59 Å². The van der Waals surface area contributed by atoms with E-state index in [-0.39, 0.29) is 6.42 Å². The van der Waals surface area contributed by atoms with Crippen LogP contribution in [0.25, 0.3) is 0 Å². The Hall–Kier alpha value is -2.73. The van der Waals surface area contributed by atoms with Gasteiger partial charge in [-0.1, -0.05) is 29.8 Å². The van der Waals surface area contributed by atoms with E-state index >= 15 is 0 Å². The lowest BCUT2D eigenvalue weighted by Crippen LogP contribution is -2.30. The fraction of sp³-hybridized carbons (Fsp3) is 0.333. The lowest BCUT2D eigenvalue weighted by molar-refractivity contribution is -0.153. The molecule has 0 spiro atoms. The van der Waals surface area contributed by atoms with Crippen molar-refractivity contribution >= 4 is 29.2 Å². The Morgan fingerprint density at radius 3 is 2.57 bits per heavy atom. The summed E-state index contributed by atoms with van der Waals surface area (Å²) < 4.78 is 15.9. The van der Waals surface area contributed by atoms with Crippen molar-refractivity contribution in [1.29, 1.82) is 0 Å². The topological polar surface area (TPSA) is 73.9 Å². The summed E-state index contributed by atoms with van der Waals surface area (Å²) in [5, 5.41) is 3.24. The fourth-order valence-corrected chi connectivity index (χ4v) is 2.83. The smallest absolute Gasteiger partial charge is 0.306 e. The average Bonchev–Trinajstić information content (AvgIpc) is 2.68. The molecule has 1 N–H and O–H groups in total. The molecule has 0 fully saturated rings. The molecule has 1 atom stereocenters. The van der Waals surface area contributed by atoms with Crippen LogP contribution in [0.2, 0.25) is 5.02 Å². The highest BCUT2D eigenvalue weighted by atomic mass is 35.5. The predicted octanol–water partition coefficient (Wildman–Crippen LogP) is 4.17. The van der Waals surface area contributed by atoms with Crippen LogP contribution in [-0.4, -0.2) is 32.2 Å². The number of carbonyl (C=O) groups excluding carboxylic acids is 2. The first-order valence-electron chi connectivity index (χ1n) is 8.82. The van der Waals surface area contributed by atoms with Crippen molar-refractivity contribution in [2.24, 2.45) is 0 Å². The Kier molecular flexibility index (Phi) is 7.70. The van der Waals surface area contributed by atoms with Crippen LogP contribution in [0.5, 0.6) is 11.5 Å². The normalized spacial score (nSPS) is 11.5. The number of carbonyl (C=O) groups is 2. The number of hydrogen-bond acceptors (Lipinski definition) is 5. The Morgan fingerprint density at radius 1 is 1.14 bits per heavy atom. The van der Waals surface area contributed by atoms with Crippen LogP contribution in [0.1, 0.15) is 24.5 Å². The fourth-order valence-electron chi connectivity index (χ4n) is 2.66. The summed E-state index contributed by atoms with van der Waals surface area (Å²) in [5.41, 5.74) is 2.27. The van der Waals surface area contributed by atoms with Gasteiger partial charge < -0.3 is 19.5 Å². The van der Waals surface area contributed by atoms with Gasteiger partial charge in [-0.2, -0.15) is 0 Å². The Morgan fingerprint density at radius 2 is 1.89 bits per heavy atom. The summed E-state index contributed by atoms with van der Waals surface area (Å²) in [6.07, 6.45) is -0.420. The molecule has 2 aromatic carbocycles. The highest BCUT2D eigenvalue weighted by molar-refractivity contribution is 6.31. The maximum atomic E-state index is 12.3. The molecule has 0 bridgehead atoms. The molecule has 0 heterocycles. The molecule has 0 aromatic heterocycles. The first-order chi connectivity index (χ1) is 13.3. The van der Waals surface area contributed by atoms with E-state index in [4.69, 9.17) is 25.8 Å². The van der Waals surface area contributed by atoms with E-state index in [0.717, 1.165) is 11.1 Å². The third-order valence-electron chi connectivity index (χ3n) is 4.22. The standard InChI is InChI=1S/C21H24ClNO5/c1-13-8-10-16(22)12-17(13)23-21(25)14(2)28-19(24)11-9-15-6-5-7-18(26-3)20(15)27-4/h5-8,10,12,14H,9,11H2,1-4H3,(H,23,25)/t14-/m1/s1. The first kappa shape index (κ1) is 21.6. The molecular formula is C21H24ClNO5. The van der Waals surface area contributed by atoms with Crippen LogP contribution in [0.3, 0.4) is 0 Å². The van der Waals surface area contributed by atoms with Crippen molar-refractivity contribution in [3.63, 3.8) is 0 Å². The van der Waals surface area contributed by atoms with Crippen molar-refractivity contribution < 1.29 is 23.8 Å². The second-order valence-corrected chi connectivity index (χ2v) is 6.67. The third kappa shape index (κ3) is 5.63. The van der Waals surface area contributed by atoms with Crippen LogP contribution < -0.4 is 14.8 Å². The minimum Gasteiger partial charge on any atom is -0.493 e. The molecule has 0 aliphatic rings. The highest BCUT2D eigenvalue weighted by Gasteiger charge is 2.19. The zero-order chi connectivity index (χ0) is 20.7. The Bertz CT molecular complexity index is 853. The maximum absolute atomic E-state index is 12.3. The molecule has 1 amide bonds. The van der Waals surface area contributed by atoms with Gasteiger partial charge in [0.25, 0.3) is 5.91 Å². The second kappa shape index (κ2) is 9.99. The Balaban J connectivity index is 1.92. The number of ether oxygens (including phenoxy) is 3. The summed E-state index contributed by atoms with van der Waals surface area (Å²) in [6, 6.07) is 10.7. The summed E-state index contributed by atoms with van der Waals surface area (Å²) in [7, 11) is 3.10. The van der Waals surface area contributed by atoms with Gasteiger partial charge in [0.15, 0.2) is 17.6 Å². The number of amides is 1. The van der Waals surface area contributed by atoms with Crippen molar-refractivity contribution in [2.45, 2.75) is 32.8 Å². The summed E-state index contributed by atoms with van der Waals surface area (Å²) in [4.78, 5) is 24.5. The Labute approximate surface area is 169 Å². The molecule has 0 aliphatic carbocycles. The van der Waals surface area contributed by atoms with Gasteiger partial charge in [-0.25, -0.2) is 0 Å². The highest BCUT2D eigenvalue weighted by Crippen LogP contribution is 2.31. The van der Waals surface area contributed by atoms with Crippen LogP contribution in [-0.2, 0) is 20.7 Å². The number of benzene rings is 2. The second-order valence-electron chi connectivity index (χ2n) is 6.23. The average molecular weight is 406 g/mol. The molecule has 7 heteroatoms. The molecule has 6 nitrogen and oxygen atoms in total. The number of methoxy groups -OCH3 is 2. The number of hydrogen-bond donors (Lipinski definition) is 1. The number of esters is 1. The van der Waals surface area contributed by atoms with E-state index in [9.17, 15) is 9.59 Å². The number of halogens is 1. The molecule has 2 aromatic rings. The monoisotopic (exact) mass is 405 g/mol. The third-order valence-corrected chi connectivity index (χ3v) is 4.45. The summed E-state index contributed by atoms with van der Waals surface area (Å²) in [5.74, 6) is 0.283. The zero-order valence-corrected chi connectivity index (χ0v) is 17.1. The van der Waals surface area contributed by atoms with E-state index < -0.39 is 18.0 Å². The molecule has 0 radical (unpaired) electrons. The molecule has 0 unspecified atom stereocenters. The largest absolute Gasteiger partial charge is 0.493 e. The number of nitrogens with one attached hydrogen (secondary N) is 1. The maximum Gasteiger partial charge on any atom is 0.306 e. The van der Waals surface area contributed by atoms with Gasteiger partial charge in [0.2, 0.25) is 0 Å². The molecule has 28 heavy (non-hydrogen) atoms. The molecular weight excluding hydrogens is 382 g/mol. The predicted molar refractivity (Wildman–Crippen MR) is 108 cm³/mol. The van der Waals surface area contributed by atoms with Crippen LogP contribution in [0.4, 0.5) is 5.69 Å². The van der Waals surface area contributed by atoms with Gasteiger partial charge in [0.1, 0.15) is 0 Å². The van der Waals surface area contributed by atoms with Gasteiger partial charge in [-0.05, 0) is 49.6 Å². The quantitative estimate of drug-likeness (QED) is 0.667. The van der Waals surface area contributed by atoms with Gasteiger partial charge >= 0.3 is 5.97 Å². The van der Waals surface area contributed by atoms with Crippen molar-refractivity contribution in [1.82, 2.24) is 0 Å². The minimum absolute atomic E-state index is 0.108. The molecule has 0 saturated heterocycles. The number of anilines is 1. The summed E-state index contributed by atoms with van der Waals surface area (Å²) in [6.45, 7) is 3.38. The van der Waals surface area contributed by atoms with Gasteiger partial charge in [-0.15, -0.1) is 0 Å². The molecule has 2 rings (SSSR count). The van der Waals surface area contributed by atoms with E-state index in [1.165, 1.54) is 6.92 Å². The van der Waals surface area contributed by atoms with Crippen molar-refractivity contribution in [3.8, 4) is 11.5 Å². The molecule has 150 valence electrons. The minimum atomic E-state index is -0.932. The lowest BCUT2D eigenvalue weighted by atomic mass is 10.1. The lowest BCUT2D eigenvalue weighted by Gasteiger charge is -2.15. The van der Waals surface area contributed by atoms with E-state index in [1.54, 1.807) is 38.5 Å². The van der Waals surface area contributed by atoms with Crippen LogP contribution in [0.15, 0.2) is 36.4 Å². The number of aryl methyl sites for hydroxylation is 2. The van der Waals surface area contributed by atoms with Gasteiger partial charge in [0.05, 0.1) is 14.2 Å². The first-order valence-corrected chi connectivity index (χ1v) is 9.19. The van der Waals surface area contributed by atoms with Crippen LogP contribution in [0, 0.1) is 6.92 Å². The number of para-hydroxylation sites is 1. The summed E-state index contributed by atoms with van der Waals surface area (Å²) >= 11 is 5.95. The SMILES string of the molecule is COc1cccc(CCC(=O)O[C@H](C)C(=O)Nc2cc(Cl)ccc2C)c1OC. The van der Waals surface area contributed by atoms with Gasteiger partial charge in [0, 0.05) is 17.1 Å². The zero-order valence-electron chi connectivity index (χ0n) is 16.4. The molecule has 0 saturated carbocycles. The van der Waals surface area contributed by atoms with E-state index in [0.29, 0.717) is 28.6 Å². The van der Waals surface area contributed by atoms with Crippen molar-refractivity contribution in [3.05, 3.63) is 52.5 Å². The van der Waals surface area contributed by atoms with E-state index in [2.05, 4.69) is 5.32 Å².